The third kappa shape index (κ3) is 4.74. The van der Waals surface area contributed by atoms with Crippen molar-refractivity contribution in [3.8, 4) is 33.4 Å². The zero-order valence-electron chi connectivity index (χ0n) is 26.3. The van der Waals surface area contributed by atoms with Gasteiger partial charge in [0.1, 0.15) is 11.2 Å². The van der Waals surface area contributed by atoms with Gasteiger partial charge >= 0.3 is 0 Å². The number of nitrogens with zero attached hydrogens (tertiary/aromatic N) is 1. The van der Waals surface area contributed by atoms with E-state index in [2.05, 4.69) is 181 Å². The Morgan fingerprint density at radius 3 is 1.79 bits per heavy atom. The minimum atomic E-state index is 0.887. The molecule has 0 atom stereocenters. The molecule has 226 valence electrons. The van der Waals surface area contributed by atoms with E-state index in [-0.39, 0.29) is 0 Å². The normalized spacial score (nSPS) is 11.3. The van der Waals surface area contributed by atoms with Gasteiger partial charge in [0.2, 0.25) is 0 Å². The summed E-state index contributed by atoms with van der Waals surface area (Å²) in [5.74, 6) is 0. The van der Waals surface area contributed by atoms with Crippen molar-refractivity contribution in [2.24, 2.45) is 0 Å². The summed E-state index contributed by atoms with van der Waals surface area (Å²) >= 11 is 0. The predicted octanol–water partition coefficient (Wildman–Crippen LogP) is 13.2. The van der Waals surface area contributed by atoms with Crippen LogP contribution in [0.4, 0.5) is 17.1 Å². The zero-order chi connectivity index (χ0) is 31.9. The highest BCUT2D eigenvalue weighted by atomic mass is 16.3. The highest BCUT2D eigenvalue weighted by molar-refractivity contribution is 6.14. The second kappa shape index (κ2) is 11.8. The molecule has 0 fully saturated rings. The Kier molecular flexibility index (Phi) is 6.84. The Labute approximate surface area is 279 Å². The summed E-state index contributed by atoms with van der Waals surface area (Å²) < 4.78 is 6.35. The van der Waals surface area contributed by atoms with E-state index in [1.54, 1.807) is 0 Å². The van der Waals surface area contributed by atoms with Crippen molar-refractivity contribution < 1.29 is 4.42 Å². The number of fused-ring (bicyclic) bond motifs is 4. The Balaban J connectivity index is 1.32. The molecule has 0 N–H and O–H groups in total. The molecule has 0 spiro atoms. The molecule has 9 aromatic rings. The van der Waals surface area contributed by atoms with E-state index < -0.39 is 0 Å². The van der Waals surface area contributed by atoms with Crippen LogP contribution in [-0.2, 0) is 0 Å². The van der Waals surface area contributed by atoms with Gasteiger partial charge in [0.05, 0.1) is 11.4 Å². The van der Waals surface area contributed by atoms with E-state index in [9.17, 15) is 0 Å². The van der Waals surface area contributed by atoms with Crippen LogP contribution in [0.15, 0.2) is 192 Å². The maximum absolute atomic E-state index is 6.35. The first-order chi connectivity index (χ1) is 23.8. The Morgan fingerprint density at radius 1 is 0.354 bits per heavy atom. The van der Waals surface area contributed by atoms with Crippen LogP contribution < -0.4 is 4.90 Å². The summed E-state index contributed by atoms with van der Waals surface area (Å²) in [5.41, 5.74) is 12.1. The molecule has 0 radical (unpaired) electrons. The number of benzene rings is 8. The van der Waals surface area contributed by atoms with Gasteiger partial charge in [-0.25, -0.2) is 0 Å². The lowest BCUT2D eigenvalue weighted by molar-refractivity contribution is 0.669. The summed E-state index contributed by atoms with van der Waals surface area (Å²) in [5, 5.41) is 4.72. The quantitative estimate of drug-likeness (QED) is 0.185. The summed E-state index contributed by atoms with van der Waals surface area (Å²) in [6.45, 7) is 0. The van der Waals surface area contributed by atoms with Gasteiger partial charge < -0.3 is 9.32 Å². The summed E-state index contributed by atoms with van der Waals surface area (Å²) in [6.07, 6.45) is 0. The van der Waals surface area contributed by atoms with Crippen LogP contribution in [0, 0.1) is 0 Å². The van der Waals surface area contributed by atoms with Gasteiger partial charge in [-0.1, -0.05) is 152 Å². The molecule has 0 amide bonds. The highest BCUT2D eigenvalue weighted by Crippen LogP contribution is 2.47. The molecule has 0 aliphatic carbocycles. The number of hydrogen-bond acceptors (Lipinski definition) is 2. The lowest BCUT2D eigenvalue weighted by Gasteiger charge is -2.30. The predicted molar refractivity (Wildman–Crippen MR) is 202 cm³/mol. The minimum Gasteiger partial charge on any atom is -0.456 e. The van der Waals surface area contributed by atoms with E-state index in [1.165, 1.54) is 27.5 Å². The van der Waals surface area contributed by atoms with Crippen LogP contribution >= 0.6 is 0 Å². The average molecular weight is 614 g/mol. The number of anilines is 3. The van der Waals surface area contributed by atoms with Crippen LogP contribution in [0.2, 0.25) is 0 Å². The minimum absolute atomic E-state index is 0.887. The van der Waals surface area contributed by atoms with E-state index >= 15 is 0 Å². The molecule has 0 saturated heterocycles. The molecule has 0 bridgehead atoms. The fourth-order valence-corrected chi connectivity index (χ4v) is 7.12. The lowest BCUT2D eigenvalue weighted by atomic mass is 9.95. The van der Waals surface area contributed by atoms with Crippen molar-refractivity contribution in [3.63, 3.8) is 0 Å². The van der Waals surface area contributed by atoms with Crippen LogP contribution in [0.25, 0.3) is 66.1 Å². The standard InChI is InChI=1S/C46H31NO/c1-2-15-33(16-3-1)38-22-6-9-27-42(38)47(35-20-12-19-34(31-35)37-25-13-18-32-17-4-5-21-36(32)37)43-28-10-7-23-39(43)40-26-14-30-45-46(40)41-24-8-11-29-44(41)48-45/h1-31H. The average Bonchev–Trinajstić information content (AvgIpc) is 3.55. The van der Waals surface area contributed by atoms with E-state index in [0.717, 1.165) is 55.7 Å². The van der Waals surface area contributed by atoms with Crippen molar-refractivity contribution in [1.82, 2.24) is 0 Å². The molecule has 0 saturated carbocycles. The molecule has 48 heavy (non-hydrogen) atoms. The van der Waals surface area contributed by atoms with Crippen LogP contribution in [0.5, 0.6) is 0 Å². The van der Waals surface area contributed by atoms with E-state index in [1.807, 2.05) is 12.1 Å². The maximum Gasteiger partial charge on any atom is 0.136 e. The van der Waals surface area contributed by atoms with Gasteiger partial charge in [0.15, 0.2) is 0 Å². The SMILES string of the molecule is c1ccc(-c2ccccc2N(c2cccc(-c3cccc4ccccc34)c2)c2ccccc2-c2cccc3oc4ccccc4c23)cc1. The molecule has 9 rings (SSSR count). The number of para-hydroxylation sites is 3. The third-order valence-corrected chi connectivity index (χ3v) is 9.27. The molecule has 2 heteroatoms. The van der Waals surface area contributed by atoms with Crippen molar-refractivity contribution in [2.45, 2.75) is 0 Å². The summed E-state index contributed by atoms with van der Waals surface area (Å²) in [7, 11) is 0. The molecule has 1 aromatic heterocycles. The molecule has 1 heterocycles. The summed E-state index contributed by atoms with van der Waals surface area (Å²) in [4.78, 5) is 2.42. The number of hydrogen-bond donors (Lipinski definition) is 0. The first-order valence-corrected chi connectivity index (χ1v) is 16.4. The summed E-state index contributed by atoms with van der Waals surface area (Å²) in [6, 6.07) is 67.0. The Morgan fingerprint density at radius 2 is 0.917 bits per heavy atom. The van der Waals surface area contributed by atoms with Crippen molar-refractivity contribution in [2.75, 3.05) is 4.90 Å². The van der Waals surface area contributed by atoms with Gasteiger partial charge in [0.25, 0.3) is 0 Å². The van der Waals surface area contributed by atoms with Gasteiger partial charge in [-0.05, 0) is 69.4 Å². The Hall–Kier alpha value is -6.38. The first-order valence-electron chi connectivity index (χ1n) is 16.4. The van der Waals surface area contributed by atoms with E-state index in [4.69, 9.17) is 4.42 Å². The molecular formula is C46H31NO. The van der Waals surface area contributed by atoms with Gasteiger partial charge in [0, 0.05) is 27.6 Å². The van der Waals surface area contributed by atoms with Gasteiger partial charge in [-0.2, -0.15) is 0 Å². The highest BCUT2D eigenvalue weighted by Gasteiger charge is 2.22. The molecule has 0 aliphatic heterocycles. The lowest BCUT2D eigenvalue weighted by Crippen LogP contribution is -2.12. The molecule has 2 nitrogen and oxygen atoms in total. The number of rotatable bonds is 6. The van der Waals surface area contributed by atoms with Crippen LogP contribution in [-0.4, -0.2) is 0 Å². The fraction of sp³-hybridized carbons (Fsp3) is 0. The van der Waals surface area contributed by atoms with Gasteiger partial charge in [-0.3, -0.25) is 0 Å². The number of furan rings is 1. The van der Waals surface area contributed by atoms with Crippen molar-refractivity contribution in [1.29, 1.82) is 0 Å². The van der Waals surface area contributed by atoms with Crippen LogP contribution in [0.1, 0.15) is 0 Å². The molecule has 8 aromatic carbocycles. The monoisotopic (exact) mass is 613 g/mol. The smallest absolute Gasteiger partial charge is 0.136 e. The topological polar surface area (TPSA) is 16.4 Å². The third-order valence-electron chi connectivity index (χ3n) is 9.27. The maximum atomic E-state index is 6.35. The van der Waals surface area contributed by atoms with Crippen molar-refractivity contribution in [3.05, 3.63) is 188 Å². The second-order valence-electron chi connectivity index (χ2n) is 12.1. The second-order valence-corrected chi connectivity index (χ2v) is 12.1. The largest absolute Gasteiger partial charge is 0.456 e. The molecule has 0 aliphatic rings. The van der Waals surface area contributed by atoms with Gasteiger partial charge in [-0.15, -0.1) is 0 Å². The van der Waals surface area contributed by atoms with Crippen molar-refractivity contribution >= 4 is 49.8 Å². The van der Waals surface area contributed by atoms with E-state index in [0.29, 0.717) is 0 Å². The fourth-order valence-electron chi connectivity index (χ4n) is 7.12. The van der Waals surface area contributed by atoms with Crippen LogP contribution in [0.3, 0.4) is 0 Å². The zero-order valence-corrected chi connectivity index (χ0v) is 26.3. The molecular weight excluding hydrogens is 583 g/mol. The molecule has 0 unspecified atom stereocenters. The first kappa shape index (κ1) is 27.9. The Bertz CT molecular complexity index is 2570.